The quantitative estimate of drug-likeness (QED) is 0.659. The van der Waals surface area contributed by atoms with E-state index in [-0.39, 0.29) is 11.8 Å². The molecule has 2 amide bonds. The number of carbonyl (C=O) groups is 2. The van der Waals surface area contributed by atoms with Crippen molar-refractivity contribution in [2.24, 2.45) is 0 Å². The van der Waals surface area contributed by atoms with Crippen LogP contribution in [0.3, 0.4) is 0 Å². The average Bonchev–Trinajstić information content (AvgIpc) is 2.12. The van der Waals surface area contributed by atoms with Gasteiger partial charge in [-0.1, -0.05) is 20.3 Å². The molecule has 0 heterocycles. The molecular weight excluding hydrogens is 192 g/mol. The highest BCUT2D eigenvalue weighted by Crippen LogP contribution is 2.15. The molecule has 2 N–H and O–H groups in total. The van der Waals surface area contributed by atoms with Crippen LogP contribution in [0, 0.1) is 0 Å². The van der Waals surface area contributed by atoms with E-state index in [4.69, 9.17) is 0 Å². The molecule has 0 aliphatic carbocycles. The van der Waals surface area contributed by atoms with E-state index in [1.807, 2.05) is 6.92 Å². The number of hydrogen-bond acceptors (Lipinski definition) is 2. The number of unbranched alkanes of at least 4 members (excludes halogenated alkanes) is 1. The van der Waals surface area contributed by atoms with Gasteiger partial charge in [0.2, 0.25) is 11.8 Å². The number of nitrogens with one attached hydrogen (secondary N) is 2. The van der Waals surface area contributed by atoms with Crippen LogP contribution in [0.2, 0.25) is 0 Å². The SMILES string of the molecule is CCCCC(CC)(NC(C)=O)NC(C)=O. The van der Waals surface area contributed by atoms with Gasteiger partial charge < -0.3 is 10.6 Å². The lowest BCUT2D eigenvalue weighted by Crippen LogP contribution is -2.59. The van der Waals surface area contributed by atoms with Crippen molar-refractivity contribution in [1.29, 1.82) is 0 Å². The van der Waals surface area contributed by atoms with Crippen molar-refractivity contribution >= 4 is 11.8 Å². The lowest BCUT2D eigenvalue weighted by molar-refractivity contribution is -0.125. The lowest BCUT2D eigenvalue weighted by Gasteiger charge is -2.34. The van der Waals surface area contributed by atoms with E-state index in [1.54, 1.807) is 0 Å². The molecule has 0 bridgehead atoms. The summed E-state index contributed by atoms with van der Waals surface area (Å²) in [5.41, 5.74) is -0.562. The third kappa shape index (κ3) is 5.40. The highest BCUT2D eigenvalue weighted by Gasteiger charge is 2.28. The zero-order chi connectivity index (χ0) is 11.9. The zero-order valence-corrected chi connectivity index (χ0v) is 10.1. The van der Waals surface area contributed by atoms with Crippen LogP contribution in [-0.2, 0) is 9.59 Å². The van der Waals surface area contributed by atoms with Gasteiger partial charge in [-0.15, -0.1) is 0 Å². The fraction of sp³-hybridized carbons (Fsp3) is 0.818. The van der Waals surface area contributed by atoms with Gasteiger partial charge in [-0.05, 0) is 19.3 Å². The Bertz CT molecular complexity index is 211. The first kappa shape index (κ1) is 13.9. The predicted molar refractivity (Wildman–Crippen MR) is 60.2 cm³/mol. The van der Waals surface area contributed by atoms with Crippen LogP contribution in [0.15, 0.2) is 0 Å². The van der Waals surface area contributed by atoms with Crippen LogP contribution in [-0.4, -0.2) is 17.5 Å². The Morgan fingerprint density at radius 3 is 1.80 bits per heavy atom. The van der Waals surface area contributed by atoms with Gasteiger partial charge in [0.15, 0.2) is 0 Å². The summed E-state index contributed by atoms with van der Waals surface area (Å²) in [6.07, 6.45) is 3.50. The highest BCUT2D eigenvalue weighted by atomic mass is 16.2. The van der Waals surface area contributed by atoms with Crippen LogP contribution < -0.4 is 10.6 Å². The van der Waals surface area contributed by atoms with Gasteiger partial charge in [0.1, 0.15) is 5.66 Å². The second-order valence-corrected chi connectivity index (χ2v) is 3.90. The lowest BCUT2D eigenvalue weighted by atomic mass is 9.99. The van der Waals surface area contributed by atoms with Crippen molar-refractivity contribution < 1.29 is 9.59 Å². The van der Waals surface area contributed by atoms with Gasteiger partial charge in [-0.3, -0.25) is 9.59 Å². The summed E-state index contributed by atoms with van der Waals surface area (Å²) in [6.45, 7) is 6.99. The fourth-order valence-corrected chi connectivity index (χ4v) is 1.66. The second-order valence-electron chi connectivity index (χ2n) is 3.90. The summed E-state index contributed by atoms with van der Waals surface area (Å²) in [6, 6.07) is 0. The zero-order valence-electron chi connectivity index (χ0n) is 10.1. The van der Waals surface area contributed by atoms with Crippen molar-refractivity contribution in [3.8, 4) is 0 Å². The largest absolute Gasteiger partial charge is 0.334 e. The average molecular weight is 214 g/mol. The first-order chi connectivity index (χ1) is 6.95. The normalized spacial score (nSPS) is 10.9. The molecule has 0 fully saturated rings. The summed E-state index contributed by atoms with van der Waals surface area (Å²) >= 11 is 0. The van der Waals surface area contributed by atoms with E-state index in [2.05, 4.69) is 17.6 Å². The molecule has 0 aromatic carbocycles. The third-order valence-corrected chi connectivity index (χ3v) is 2.39. The van der Waals surface area contributed by atoms with Crippen molar-refractivity contribution in [3.63, 3.8) is 0 Å². The maximum absolute atomic E-state index is 11.1. The molecule has 0 radical (unpaired) electrons. The summed E-state index contributed by atoms with van der Waals surface area (Å²) in [4.78, 5) is 22.2. The highest BCUT2D eigenvalue weighted by molar-refractivity contribution is 5.77. The summed E-state index contributed by atoms with van der Waals surface area (Å²) in [5.74, 6) is -0.219. The van der Waals surface area contributed by atoms with E-state index < -0.39 is 5.66 Å². The number of rotatable bonds is 6. The number of amides is 2. The van der Waals surface area contributed by atoms with E-state index >= 15 is 0 Å². The first-order valence-electron chi connectivity index (χ1n) is 5.53. The molecule has 0 rings (SSSR count). The second kappa shape index (κ2) is 6.43. The van der Waals surface area contributed by atoms with E-state index in [0.29, 0.717) is 6.42 Å². The van der Waals surface area contributed by atoms with Crippen LogP contribution in [0.4, 0.5) is 0 Å². The summed E-state index contributed by atoms with van der Waals surface area (Å²) < 4.78 is 0. The Morgan fingerprint density at radius 2 is 1.53 bits per heavy atom. The maximum atomic E-state index is 11.1. The van der Waals surface area contributed by atoms with E-state index in [9.17, 15) is 9.59 Å². The maximum Gasteiger partial charge on any atom is 0.218 e. The molecule has 0 aromatic heterocycles. The Balaban J connectivity index is 4.58. The molecule has 0 saturated heterocycles. The molecule has 4 heteroatoms. The van der Waals surface area contributed by atoms with Gasteiger partial charge in [0, 0.05) is 13.8 Å². The molecule has 0 atom stereocenters. The molecule has 88 valence electrons. The smallest absolute Gasteiger partial charge is 0.218 e. The predicted octanol–water partition coefficient (Wildman–Crippen LogP) is 1.56. The minimum Gasteiger partial charge on any atom is -0.334 e. The van der Waals surface area contributed by atoms with Crippen molar-refractivity contribution in [2.45, 2.75) is 59.0 Å². The fourth-order valence-electron chi connectivity index (χ4n) is 1.66. The van der Waals surface area contributed by atoms with Gasteiger partial charge in [-0.2, -0.15) is 0 Å². The number of hydrogen-bond donors (Lipinski definition) is 2. The molecule has 15 heavy (non-hydrogen) atoms. The van der Waals surface area contributed by atoms with Gasteiger partial charge in [0.25, 0.3) is 0 Å². The van der Waals surface area contributed by atoms with Crippen LogP contribution in [0.25, 0.3) is 0 Å². The van der Waals surface area contributed by atoms with Crippen molar-refractivity contribution in [3.05, 3.63) is 0 Å². The summed E-state index contributed by atoms with van der Waals surface area (Å²) in [7, 11) is 0. The molecule has 0 aliphatic heterocycles. The minimum absolute atomic E-state index is 0.110. The van der Waals surface area contributed by atoms with E-state index in [0.717, 1.165) is 19.3 Å². The molecular formula is C11H22N2O2. The van der Waals surface area contributed by atoms with Crippen LogP contribution in [0.5, 0.6) is 0 Å². The van der Waals surface area contributed by atoms with Crippen molar-refractivity contribution in [1.82, 2.24) is 10.6 Å². The van der Waals surface area contributed by atoms with Gasteiger partial charge in [-0.25, -0.2) is 0 Å². The molecule has 0 unspecified atom stereocenters. The molecule has 0 spiro atoms. The van der Waals surface area contributed by atoms with Gasteiger partial charge in [0.05, 0.1) is 0 Å². The first-order valence-corrected chi connectivity index (χ1v) is 5.53. The topological polar surface area (TPSA) is 58.2 Å². The molecule has 4 nitrogen and oxygen atoms in total. The van der Waals surface area contributed by atoms with Gasteiger partial charge >= 0.3 is 0 Å². The van der Waals surface area contributed by atoms with Crippen LogP contribution >= 0.6 is 0 Å². The third-order valence-electron chi connectivity index (χ3n) is 2.39. The van der Waals surface area contributed by atoms with E-state index in [1.165, 1.54) is 13.8 Å². The minimum atomic E-state index is -0.562. The Labute approximate surface area is 91.8 Å². The molecule has 0 aromatic rings. The summed E-state index contributed by atoms with van der Waals surface area (Å²) in [5, 5.41) is 5.68. The Morgan fingerprint density at radius 1 is 1.07 bits per heavy atom. The van der Waals surface area contributed by atoms with Crippen molar-refractivity contribution in [2.75, 3.05) is 0 Å². The monoisotopic (exact) mass is 214 g/mol. The number of carbonyl (C=O) groups excluding carboxylic acids is 2. The molecule has 0 saturated carbocycles. The Hall–Kier alpha value is -1.06. The Kier molecular flexibility index (Phi) is 5.97. The molecule has 0 aliphatic rings. The standard InChI is InChI=1S/C11H22N2O2/c1-5-7-8-11(6-2,12-9(3)14)13-10(4)15/h5-8H2,1-4H3,(H,12,14)(H,13,15). The van der Waals surface area contributed by atoms with Crippen LogP contribution in [0.1, 0.15) is 53.4 Å².